The molecule has 0 bridgehead atoms. The lowest BCUT2D eigenvalue weighted by Gasteiger charge is -2.40. The summed E-state index contributed by atoms with van der Waals surface area (Å²) >= 11 is 0. The molecule has 0 atom stereocenters. The van der Waals surface area contributed by atoms with Gasteiger partial charge in [0.25, 0.3) is 0 Å². The fourth-order valence-corrected chi connectivity index (χ4v) is 2.36. The van der Waals surface area contributed by atoms with Crippen molar-refractivity contribution in [3.63, 3.8) is 0 Å². The lowest BCUT2D eigenvalue weighted by atomic mass is 10.1. The first-order chi connectivity index (χ1) is 5.33. The molecule has 0 radical (unpaired) electrons. The van der Waals surface area contributed by atoms with Crippen LogP contribution in [0.5, 0.6) is 0 Å². The van der Waals surface area contributed by atoms with E-state index in [0.717, 1.165) is 0 Å². The van der Waals surface area contributed by atoms with Gasteiger partial charge in [0.2, 0.25) is 0 Å². The van der Waals surface area contributed by atoms with Gasteiger partial charge in [0, 0.05) is 0 Å². The molecule has 0 amide bonds. The molecule has 1 saturated heterocycles. The highest BCUT2D eigenvalue weighted by Gasteiger charge is 2.26. The van der Waals surface area contributed by atoms with Crippen LogP contribution in [-0.2, 0) is 0 Å². The van der Waals surface area contributed by atoms with Gasteiger partial charge in [0.05, 0.1) is 26.2 Å². The molecule has 0 saturated carbocycles. The SMILES string of the molecule is CCC[N+]1(CC)CCCCC1.O.[OH-]. The van der Waals surface area contributed by atoms with E-state index in [1.807, 2.05) is 0 Å². The Balaban J connectivity index is 0. The van der Waals surface area contributed by atoms with Crippen molar-refractivity contribution >= 4 is 0 Å². The predicted molar refractivity (Wildman–Crippen MR) is 55.1 cm³/mol. The molecule has 1 fully saturated rings. The van der Waals surface area contributed by atoms with Crippen molar-refractivity contribution in [3.8, 4) is 0 Å². The lowest BCUT2D eigenvalue weighted by Crippen LogP contribution is -2.51. The van der Waals surface area contributed by atoms with E-state index >= 15 is 0 Å². The molecule has 3 heteroatoms. The van der Waals surface area contributed by atoms with Crippen molar-refractivity contribution in [3.05, 3.63) is 0 Å². The minimum atomic E-state index is 0. The van der Waals surface area contributed by atoms with E-state index in [1.54, 1.807) is 0 Å². The van der Waals surface area contributed by atoms with Gasteiger partial charge in [-0.1, -0.05) is 6.92 Å². The average molecular weight is 191 g/mol. The highest BCUT2D eigenvalue weighted by Crippen LogP contribution is 2.18. The maximum absolute atomic E-state index is 2.35. The highest BCUT2D eigenvalue weighted by atomic mass is 16.0. The average Bonchev–Trinajstić information content (AvgIpc) is 2.07. The Morgan fingerprint density at radius 3 is 1.92 bits per heavy atom. The molecule has 1 heterocycles. The van der Waals surface area contributed by atoms with Crippen molar-refractivity contribution < 1.29 is 15.4 Å². The Labute approximate surface area is 81.9 Å². The molecular formula is C10H25NO2. The smallest absolute Gasteiger partial charge is 0.0786 e. The summed E-state index contributed by atoms with van der Waals surface area (Å²) in [5.41, 5.74) is 0. The number of hydrogen-bond acceptors (Lipinski definition) is 1. The first-order valence-electron chi connectivity index (χ1n) is 5.18. The summed E-state index contributed by atoms with van der Waals surface area (Å²) in [5.74, 6) is 0. The maximum atomic E-state index is 2.35. The third kappa shape index (κ3) is 4.07. The van der Waals surface area contributed by atoms with Crippen molar-refractivity contribution in [2.75, 3.05) is 26.2 Å². The van der Waals surface area contributed by atoms with E-state index in [-0.39, 0.29) is 11.0 Å². The van der Waals surface area contributed by atoms with Gasteiger partial charge >= 0.3 is 0 Å². The van der Waals surface area contributed by atoms with Crippen LogP contribution in [0.2, 0.25) is 0 Å². The lowest BCUT2D eigenvalue weighted by molar-refractivity contribution is -0.930. The Bertz CT molecular complexity index is 106. The fourth-order valence-electron chi connectivity index (χ4n) is 2.36. The Morgan fingerprint density at radius 2 is 1.54 bits per heavy atom. The summed E-state index contributed by atoms with van der Waals surface area (Å²) in [6.07, 6.45) is 5.76. The number of hydrogen-bond donors (Lipinski definition) is 0. The summed E-state index contributed by atoms with van der Waals surface area (Å²) < 4.78 is 1.41. The van der Waals surface area contributed by atoms with Gasteiger partial charge in [-0.05, 0) is 32.6 Å². The molecule has 1 aliphatic rings. The summed E-state index contributed by atoms with van der Waals surface area (Å²) in [5, 5.41) is 0. The van der Waals surface area contributed by atoms with Crippen LogP contribution in [0.15, 0.2) is 0 Å². The molecule has 13 heavy (non-hydrogen) atoms. The second-order valence-corrected chi connectivity index (χ2v) is 3.89. The van der Waals surface area contributed by atoms with E-state index in [2.05, 4.69) is 13.8 Å². The van der Waals surface area contributed by atoms with Crippen LogP contribution in [-0.4, -0.2) is 41.6 Å². The first-order valence-corrected chi connectivity index (χ1v) is 5.18. The number of likely N-dealkylation sites (tertiary alicyclic amines) is 1. The number of nitrogens with zero attached hydrogens (tertiary/aromatic N) is 1. The normalized spacial score (nSPS) is 19.8. The van der Waals surface area contributed by atoms with Crippen molar-refractivity contribution in [2.45, 2.75) is 39.5 Å². The van der Waals surface area contributed by atoms with E-state index in [1.165, 1.54) is 56.3 Å². The van der Waals surface area contributed by atoms with Crippen molar-refractivity contribution in [2.24, 2.45) is 0 Å². The van der Waals surface area contributed by atoms with E-state index in [4.69, 9.17) is 0 Å². The zero-order valence-corrected chi connectivity index (χ0v) is 9.05. The van der Waals surface area contributed by atoms with Crippen molar-refractivity contribution in [1.82, 2.24) is 0 Å². The largest absolute Gasteiger partial charge is 0.870 e. The minimum absolute atomic E-state index is 0. The van der Waals surface area contributed by atoms with Gasteiger partial charge < -0.3 is 15.4 Å². The standard InChI is InChI=1S/C10H22N.2H2O/c1-3-8-11(4-2)9-6-5-7-10-11;;/h3-10H2,1-2H3;2*1H2/q+1;;/p-1. The monoisotopic (exact) mass is 191 g/mol. The first kappa shape index (κ1) is 15.4. The minimum Gasteiger partial charge on any atom is -0.870 e. The molecule has 0 aliphatic carbocycles. The number of quaternary nitrogens is 1. The van der Waals surface area contributed by atoms with Gasteiger partial charge in [0.15, 0.2) is 0 Å². The highest BCUT2D eigenvalue weighted by molar-refractivity contribution is 4.52. The molecule has 82 valence electrons. The van der Waals surface area contributed by atoms with Crippen LogP contribution < -0.4 is 0 Å². The molecule has 0 aromatic heterocycles. The van der Waals surface area contributed by atoms with Crippen LogP contribution in [0.3, 0.4) is 0 Å². The molecule has 1 rings (SSSR count). The second-order valence-electron chi connectivity index (χ2n) is 3.89. The fraction of sp³-hybridized carbons (Fsp3) is 1.00. The van der Waals surface area contributed by atoms with Crippen LogP contribution in [0.4, 0.5) is 0 Å². The molecule has 3 N–H and O–H groups in total. The van der Waals surface area contributed by atoms with Crippen LogP contribution in [0, 0.1) is 0 Å². The Hall–Kier alpha value is -0.120. The van der Waals surface area contributed by atoms with E-state index in [0.29, 0.717) is 0 Å². The maximum Gasteiger partial charge on any atom is 0.0786 e. The van der Waals surface area contributed by atoms with Crippen LogP contribution in [0.25, 0.3) is 0 Å². The van der Waals surface area contributed by atoms with Gasteiger partial charge in [-0.2, -0.15) is 0 Å². The summed E-state index contributed by atoms with van der Waals surface area (Å²) in [6.45, 7) is 10.3. The zero-order valence-electron chi connectivity index (χ0n) is 9.05. The molecule has 0 unspecified atom stereocenters. The van der Waals surface area contributed by atoms with E-state index < -0.39 is 0 Å². The second kappa shape index (κ2) is 7.30. The molecule has 0 aromatic rings. The van der Waals surface area contributed by atoms with Gasteiger partial charge in [-0.3, -0.25) is 0 Å². The molecule has 1 aliphatic heterocycles. The Kier molecular flexibility index (Phi) is 8.62. The molecule has 0 aromatic carbocycles. The third-order valence-corrected chi connectivity index (χ3v) is 3.13. The molecule has 3 nitrogen and oxygen atoms in total. The summed E-state index contributed by atoms with van der Waals surface area (Å²) in [7, 11) is 0. The zero-order chi connectivity index (χ0) is 8.16. The van der Waals surface area contributed by atoms with Gasteiger partial charge in [-0.25, -0.2) is 0 Å². The van der Waals surface area contributed by atoms with Crippen LogP contribution in [0.1, 0.15) is 39.5 Å². The summed E-state index contributed by atoms with van der Waals surface area (Å²) in [6, 6.07) is 0. The van der Waals surface area contributed by atoms with Gasteiger partial charge in [-0.15, -0.1) is 0 Å². The van der Waals surface area contributed by atoms with Crippen LogP contribution >= 0.6 is 0 Å². The third-order valence-electron chi connectivity index (χ3n) is 3.13. The molecular weight excluding hydrogens is 166 g/mol. The van der Waals surface area contributed by atoms with Crippen molar-refractivity contribution in [1.29, 1.82) is 0 Å². The predicted octanol–water partition coefficient (Wildman–Crippen LogP) is 1.42. The summed E-state index contributed by atoms with van der Waals surface area (Å²) in [4.78, 5) is 0. The molecule has 0 spiro atoms. The number of piperidine rings is 1. The number of rotatable bonds is 3. The quantitative estimate of drug-likeness (QED) is 0.622. The Morgan fingerprint density at radius 1 is 1.00 bits per heavy atom. The topological polar surface area (TPSA) is 61.5 Å². The van der Waals surface area contributed by atoms with Gasteiger partial charge in [0.1, 0.15) is 0 Å². The van der Waals surface area contributed by atoms with E-state index in [9.17, 15) is 0 Å².